The predicted octanol–water partition coefficient (Wildman–Crippen LogP) is 5.76. The van der Waals surface area contributed by atoms with E-state index in [1.807, 2.05) is 19.1 Å². The summed E-state index contributed by atoms with van der Waals surface area (Å²) in [4.78, 5) is 26.3. The lowest BCUT2D eigenvalue weighted by atomic mass is 9.85. The Bertz CT molecular complexity index is 887. The molecule has 0 atom stereocenters. The fourth-order valence-corrected chi connectivity index (χ4v) is 2.85. The van der Waals surface area contributed by atoms with Crippen LogP contribution in [0.25, 0.3) is 0 Å². The number of ether oxygens (including phenoxy) is 2. The first-order chi connectivity index (χ1) is 13.0. The van der Waals surface area contributed by atoms with Gasteiger partial charge in [0.2, 0.25) is 0 Å². The maximum Gasteiger partial charge on any atom is 0.414 e. The number of carbonyl (C=O) groups is 2. The summed E-state index contributed by atoms with van der Waals surface area (Å²) in [5.41, 5.74) is 2.41. The van der Waals surface area contributed by atoms with Gasteiger partial charge in [0.05, 0.1) is 17.9 Å². The molecule has 0 aliphatic carbocycles. The van der Waals surface area contributed by atoms with Crippen LogP contribution in [0.2, 0.25) is 5.02 Å². The number of nitrogens with zero attached hydrogens (tertiary/aromatic N) is 1. The number of anilines is 1. The van der Waals surface area contributed by atoms with Gasteiger partial charge in [0, 0.05) is 12.1 Å². The summed E-state index contributed by atoms with van der Waals surface area (Å²) < 4.78 is 10.8. The minimum atomic E-state index is -0.549. The van der Waals surface area contributed by atoms with Crippen LogP contribution >= 0.6 is 11.6 Å². The van der Waals surface area contributed by atoms with Gasteiger partial charge in [-0.05, 0) is 54.7 Å². The van der Waals surface area contributed by atoms with Crippen LogP contribution in [0.3, 0.4) is 0 Å². The molecule has 6 heteroatoms. The summed E-state index contributed by atoms with van der Waals surface area (Å²) in [6, 6.07) is 10.3. The molecule has 1 amide bonds. The van der Waals surface area contributed by atoms with Gasteiger partial charge in [-0.3, -0.25) is 4.90 Å². The molecule has 0 N–H and O–H groups in total. The number of rotatable bonds is 4. The highest BCUT2D eigenvalue weighted by Gasteiger charge is 2.25. The molecule has 150 valence electrons. The van der Waals surface area contributed by atoms with Crippen LogP contribution in [0.4, 0.5) is 10.5 Å². The van der Waals surface area contributed by atoms with Gasteiger partial charge in [-0.15, -0.1) is 0 Å². The highest BCUT2D eigenvalue weighted by molar-refractivity contribution is 6.30. The molecule has 0 bridgehead atoms. The van der Waals surface area contributed by atoms with E-state index in [0.717, 1.165) is 11.1 Å². The lowest BCUT2D eigenvalue weighted by molar-refractivity contribution is 0.0733. The van der Waals surface area contributed by atoms with Gasteiger partial charge >= 0.3 is 12.1 Å². The Morgan fingerprint density at radius 3 is 2.39 bits per heavy atom. The minimum absolute atomic E-state index is 0.148. The number of esters is 1. The van der Waals surface area contributed by atoms with Crippen LogP contribution in [0.1, 0.15) is 49.2 Å². The number of carbonyl (C=O) groups excluding carboxylic acids is 2. The molecule has 0 unspecified atom stereocenters. The number of benzene rings is 2. The molecule has 0 heterocycles. The van der Waals surface area contributed by atoms with Crippen molar-refractivity contribution in [2.24, 2.45) is 0 Å². The summed E-state index contributed by atoms with van der Waals surface area (Å²) in [6.45, 7) is 10.1. The molecule has 0 radical (unpaired) electrons. The number of aryl methyl sites for hydroxylation is 1. The van der Waals surface area contributed by atoms with Crippen LogP contribution in [-0.4, -0.2) is 25.7 Å². The lowest BCUT2D eigenvalue weighted by Gasteiger charge is -2.26. The quantitative estimate of drug-likeness (QED) is 0.481. The van der Waals surface area contributed by atoms with E-state index in [-0.39, 0.29) is 12.0 Å². The highest BCUT2D eigenvalue weighted by Crippen LogP contribution is 2.37. The normalized spacial score (nSPS) is 11.1. The Hall–Kier alpha value is -2.53. The zero-order chi connectivity index (χ0) is 21.1. The van der Waals surface area contributed by atoms with E-state index in [1.165, 1.54) is 11.0 Å². The van der Waals surface area contributed by atoms with Gasteiger partial charge in [-0.1, -0.05) is 44.5 Å². The highest BCUT2D eigenvalue weighted by atomic mass is 35.5. The third kappa shape index (κ3) is 5.04. The fraction of sp³-hybridized carbons (Fsp3) is 0.364. The average molecular weight is 404 g/mol. The van der Waals surface area contributed by atoms with Crippen molar-refractivity contribution in [2.75, 3.05) is 18.6 Å². The molecule has 0 aromatic heterocycles. The molecule has 0 spiro atoms. The zero-order valence-electron chi connectivity index (χ0n) is 17.1. The van der Waals surface area contributed by atoms with Gasteiger partial charge in [-0.25, -0.2) is 9.59 Å². The molecule has 28 heavy (non-hydrogen) atoms. The fourth-order valence-electron chi connectivity index (χ4n) is 2.66. The second kappa shape index (κ2) is 8.65. The third-order valence-electron chi connectivity index (χ3n) is 4.28. The molecular weight excluding hydrogens is 378 g/mol. The topological polar surface area (TPSA) is 55.8 Å². The van der Waals surface area contributed by atoms with E-state index in [4.69, 9.17) is 21.1 Å². The maximum atomic E-state index is 12.7. The van der Waals surface area contributed by atoms with Crippen molar-refractivity contribution in [3.63, 3.8) is 0 Å². The van der Waals surface area contributed by atoms with E-state index in [9.17, 15) is 9.59 Å². The van der Waals surface area contributed by atoms with Crippen molar-refractivity contribution in [2.45, 2.75) is 40.0 Å². The monoisotopic (exact) mass is 403 g/mol. The second-order valence-corrected chi connectivity index (χ2v) is 7.99. The molecule has 2 aromatic rings. The van der Waals surface area contributed by atoms with Crippen LogP contribution < -0.4 is 9.64 Å². The summed E-state index contributed by atoms with van der Waals surface area (Å²) in [7, 11) is 1.59. The second-order valence-electron chi connectivity index (χ2n) is 7.55. The molecule has 0 saturated heterocycles. The third-order valence-corrected chi connectivity index (χ3v) is 4.51. The first kappa shape index (κ1) is 21.8. The molecule has 5 nitrogen and oxygen atoms in total. The zero-order valence-corrected chi connectivity index (χ0v) is 17.9. The van der Waals surface area contributed by atoms with Crippen molar-refractivity contribution >= 4 is 29.4 Å². The van der Waals surface area contributed by atoms with E-state index in [2.05, 4.69) is 20.8 Å². The lowest BCUT2D eigenvalue weighted by Crippen LogP contribution is -2.28. The van der Waals surface area contributed by atoms with Crippen molar-refractivity contribution in [1.29, 1.82) is 0 Å². The number of hydrogen-bond donors (Lipinski definition) is 0. The summed E-state index contributed by atoms with van der Waals surface area (Å²) in [5.74, 6) is -0.235. The van der Waals surface area contributed by atoms with Crippen molar-refractivity contribution in [3.05, 3.63) is 58.1 Å². The Morgan fingerprint density at radius 1 is 1.14 bits per heavy atom. The Morgan fingerprint density at radius 2 is 1.82 bits per heavy atom. The number of halogens is 1. The predicted molar refractivity (Wildman–Crippen MR) is 112 cm³/mol. The first-order valence-corrected chi connectivity index (χ1v) is 9.45. The van der Waals surface area contributed by atoms with E-state index in [0.29, 0.717) is 22.0 Å². The van der Waals surface area contributed by atoms with Crippen molar-refractivity contribution < 1.29 is 19.1 Å². The summed E-state index contributed by atoms with van der Waals surface area (Å²) >= 11 is 5.97. The number of hydrogen-bond acceptors (Lipinski definition) is 4. The first-order valence-electron chi connectivity index (χ1n) is 9.08. The minimum Gasteiger partial charge on any atom is -0.449 e. The Labute approximate surface area is 171 Å². The van der Waals surface area contributed by atoms with Gasteiger partial charge in [0.15, 0.2) is 5.75 Å². The molecule has 2 aromatic carbocycles. The van der Waals surface area contributed by atoms with Crippen LogP contribution in [0.15, 0.2) is 36.4 Å². The summed E-state index contributed by atoms with van der Waals surface area (Å²) in [5, 5.41) is 0.443. The molecule has 2 rings (SSSR count). The van der Waals surface area contributed by atoms with Gasteiger partial charge in [0.25, 0.3) is 0 Å². The van der Waals surface area contributed by atoms with Gasteiger partial charge in [-0.2, -0.15) is 0 Å². The Kier molecular flexibility index (Phi) is 6.73. The van der Waals surface area contributed by atoms with E-state index >= 15 is 0 Å². The SMILES string of the molecule is CCOC(=O)N(C)c1cc(C(C)(C)C)cc(C)c1OC(=O)c1cccc(Cl)c1. The van der Waals surface area contributed by atoms with Crippen molar-refractivity contribution in [1.82, 2.24) is 0 Å². The maximum absolute atomic E-state index is 12.7. The Balaban J connectivity index is 2.52. The average Bonchev–Trinajstić information content (AvgIpc) is 2.61. The molecule has 0 fully saturated rings. The van der Waals surface area contributed by atoms with Crippen LogP contribution in [0, 0.1) is 6.92 Å². The molecular formula is C22H26ClNO4. The van der Waals surface area contributed by atoms with Gasteiger partial charge in [0.1, 0.15) is 0 Å². The smallest absolute Gasteiger partial charge is 0.414 e. The van der Waals surface area contributed by atoms with E-state index in [1.54, 1.807) is 32.2 Å². The summed E-state index contributed by atoms with van der Waals surface area (Å²) in [6.07, 6.45) is -0.520. The van der Waals surface area contributed by atoms with E-state index < -0.39 is 12.1 Å². The van der Waals surface area contributed by atoms with Crippen molar-refractivity contribution in [3.8, 4) is 5.75 Å². The van der Waals surface area contributed by atoms with Crippen LogP contribution in [-0.2, 0) is 10.2 Å². The standard InChI is InChI=1S/C22H26ClNO4/c1-7-27-21(26)24(6)18-13-16(22(3,4)5)11-14(2)19(18)28-20(25)15-9-8-10-17(23)12-15/h8-13H,7H2,1-6H3. The molecule has 0 saturated carbocycles. The molecule has 0 aliphatic heterocycles. The molecule has 0 aliphatic rings. The van der Waals surface area contributed by atoms with Crippen LogP contribution in [0.5, 0.6) is 5.75 Å². The van der Waals surface area contributed by atoms with Gasteiger partial charge < -0.3 is 9.47 Å². The number of amides is 1. The largest absolute Gasteiger partial charge is 0.449 e.